The van der Waals surface area contributed by atoms with Crippen LogP contribution < -0.4 is 5.32 Å². The van der Waals surface area contributed by atoms with Gasteiger partial charge in [-0.15, -0.1) is 0 Å². The van der Waals surface area contributed by atoms with Gasteiger partial charge in [0.1, 0.15) is 0 Å². The maximum atomic E-state index is 12.6. The molecule has 1 aliphatic carbocycles. The lowest BCUT2D eigenvalue weighted by atomic mass is 9.73. The Labute approximate surface area is 117 Å². The average Bonchev–Trinajstić information content (AvgIpc) is 2.82. The molecule has 0 aromatic carbocycles. The second-order valence-corrected chi connectivity index (χ2v) is 7.21. The van der Waals surface area contributed by atoms with Gasteiger partial charge in [0.05, 0.1) is 6.04 Å². The molecule has 2 aliphatic heterocycles. The van der Waals surface area contributed by atoms with E-state index in [9.17, 15) is 4.79 Å². The largest absolute Gasteiger partial charge is 0.341 e. The van der Waals surface area contributed by atoms with Gasteiger partial charge in [-0.1, -0.05) is 26.2 Å². The topological polar surface area (TPSA) is 32.3 Å². The molecule has 108 valence electrons. The highest BCUT2D eigenvalue weighted by atomic mass is 16.2. The van der Waals surface area contributed by atoms with Gasteiger partial charge in [-0.25, -0.2) is 0 Å². The van der Waals surface area contributed by atoms with Crippen molar-refractivity contribution in [1.29, 1.82) is 0 Å². The van der Waals surface area contributed by atoms with Crippen LogP contribution >= 0.6 is 0 Å². The molecule has 3 rings (SSSR count). The first kappa shape index (κ1) is 13.4. The molecule has 2 saturated heterocycles. The zero-order chi connectivity index (χ0) is 13.3. The number of rotatable bonds is 1. The van der Waals surface area contributed by atoms with Crippen LogP contribution in [-0.2, 0) is 4.79 Å². The van der Waals surface area contributed by atoms with Crippen molar-refractivity contribution in [3.63, 3.8) is 0 Å². The average molecular weight is 264 g/mol. The van der Waals surface area contributed by atoms with Crippen LogP contribution in [0.5, 0.6) is 0 Å². The molecule has 2 heterocycles. The number of hydrogen-bond donors (Lipinski definition) is 1. The van der Waals surface area contributed by atoms with E-state index in [4.69, 9.17) is 0 Å². The predicted molar refractivity (Wildman–Crippen MR) is 76.9 cm³/mol. The fourth-order valence-electron chi connectivity index (χ4n) is 4.35. The van der Waals surface area contributed by atoms with E-state index >= 15 is 0 Å². The van der Waals surface area contributed by atoms with Crippen LogP contribution in [0.1, 0.15) is 58.3 Å². The van der Waals surface area contributed by atoms with Crippen molar-refractivity contribution in [3.05, 3.63) is 0 Å². The molecule has 0 radical (unpaired) electrons. The molecular formula is C16H28N2O. The van der Waals surface area contributed by atoms with Gasteiger partial charge in [-0.2, -0.15) is 0 Å². The van der Waals surface area contributed by atoms with E-state index in [0.717, 1.165) is 26.1 Å². The molecule has 3 aliphatic rings. The maximum absolute atomic E-state index is 12.6. The van der Waals surface area contributed by atoms with E-state index in [1.165, 1.54) is 44.9 Å². The molecule has 19 heavy (non-hydrogen) atoms. The Morgan fingerprint density at radius 1 is 1.21 bits per heavy atom. The van der Waals surface area contributed by atoms with Gasteiger partial charge in [-0.3, -0.25) is 4.79 Å². The number of carbonyl (C=O) groups excluding carboxylic acids is 1. The molecule has 2 atom stereocenters. The lowest BCUT2D eigenvalue weighted by Crippen LogP contribution is -2.49. The second kappa shape index (κ2) is 5.43. The zero-order valence-electron chi connectivity index (χ0n) is 12.3. The maximum Gasteiger partial charge on any atom is 0.239 e. The first-order chi connectivity index (χ1) is 9.19. The van der Waals surface area contributed by atoms with Crippen molar-refractivity contribution in [1.82, 2.24) is 10.2 Å². The number of nitrogens with one attached hydrogen (secondary N) is 1. The summed E-state index contributed by atoms with van der Waals surface area (Å²) < 4.78 is 0. The summed E-state index contributed by atoms with van der Waals surface area (Å²) in [5, 5.41) is 3.43. The summed E-state index contributed by atoms with van der Waals surface area (Å²) in [4.78, 5) is 14.8. The zero-order valence-corrected chi connectivity index (χ0v) is 12.3. The minimum Gasteiger partial charge on any atom is -0.341 e. The van der Waals surface area contributed by atoms with Gasteiger partial charge < -0.3 is 10.2 Å². The summed E-state index contributed by atoms with van der Waals surface area (Å²) >= 11 is 0. The first-order valence-electron chi connectivity index (χ1n) is 8.21. The molecule has 2 unspecified atom stereocenters. The van der Waals surface area contributed by atoms with E-state index in [-0.39, 0.29) is 6.04 Å². The van der Waals surface area contributed by atoms with Gasteiger partial charge in [0.2, 0.25) is 5.91 Å². The third-order valence-electron chi connectivity index (χ3n) is 5.63. The predicted octanol–water partition coefficient (Wildman–Crippen LogP) is 2.56. The fourth-order valence-corrected chi connectivity index (χ4v) is 4.35. The summed E-state index contributed by atoms with van der Waals surface area (Å²) in [6.45, 7) is 5.33. The Bertz CT molecular complexity index is 336. The lowest BCUT2D eigenvalue weighted by molar-refractivity contribution is -0.133. The third-order valence-corrected chi connectivity index (χ3v) is 5.63. The van der Waals surface area contributed by atoms with Crippen molar-refractivity contribution < 1.29 is 4.79 Å². The Balaban J connectivity index is 1.59. The van der Waals surface area contributed by atoms with E-state index in [1.807, 2.05) is 0 Å². The van der Waals surface area contributed by atoms with Crippen LogP contribution in [0.2, 0.25) is 0 Å². The molecule has 3 fully saturated rings. The Morgan fingerprint density at radius 3 is 2.74 bits per heavy atom. The smallest absolute Gasteiger partial charge is 0.239 e. The third kappa shape index (κ3) is 2.81. The van der Waals surface area contributed by atoms with Crippen molar-refractivity contribution in [2.75, 3.05) is 19.6 Å². The van der Waals surface area contributed by atoms with Crippen LogP contribution in [-0.4, -0.2) is 36.5 Å². The van der Waals surface area contributed by atoms with Gasteiger partial charge in [0, 0.05) is 13.1 Å². The van der Waals surface area contributed by atoms with E-state index < -0.39 is 0 Å². The number of likely N-dealkylation sites (tertiary alicyclic amines) is 1. The van der Waals surface area contributed by atoms with Crippen molar-refractivity contribution >= 4 is 5.91 Å². The van der Waals surface area contributed by atoms with Gasteiger partial charge in [-0.05, 0) is 50.0 Å². The molecule has 0 aromatic rings. The SMILES string of the molecule is CC1CCNC(C(=O)N2CCC3(CCCCC3)C2)C1. The van der Waals surface area contributed by atoms with Crippen LogP contribution in [0.15, 0.2) is 0 Å². The highest BCUT2D eigenvalue weighted by Gasteiger charge is 2.42. The standard InChI is InChI=1S/C16H28N2O/c1-13-5-9-17-14(11-13)15(19)18-10-8-16(12-18)6-3-2-4-7-16/h13-14,17H,2-12H2,1H3. The number of amides is 1. The molecule has 0 aromatic heterocycles. The van der Waals surface area contributed by atoms with E-state index in [0.29, 0.717) is 17.2 Å². The Morgan fingerprint density at radius 2 is 2.00 bits per heavy atom. The van der Waals surface area contributed by atoms with Crippen molar-refractivity contribution in [2.24, 2.45) is 11.3 Å². The second-order valence-electron chi connectivity index (χ2n) is 7.21. The molecular weight excluding hydrogens is 236 g/mol. The number of piperidine rings is 1. The molecule has 3 nitrogen and oxygen atoms in total. The number of carbonyl (C=O) groups is 1. The monoisotopic (exact) mass is 264 g/mol. The number of hydrogen-bond acceptors (Lipinski definition) is 2. The summed E-state index contributed by atoms with van der Waals surface area (Å²) in [7, 11) is 0. The molecule has 1 N–H and O–H groups in total. The normalized spacial score (nSPS) is 34.7. The highest BCUT2D eigenvalue weighted by molar-refractivity contribution is 5.82. The Kier molecular flexibility index (Phi) is 3.84. The summed E-state index contributed by atoms with van der Waals surface area (Å²) in [6, 6.07) is 0.0995. The van der Waals surface area contributed by atoms with Gasteiger partial charge >= 0.3 is 0 Å². The minimum absolute atomic E-state index is 0.0995. The summed E-state index contributed by atoms with van der Waals surface area (Å²) in [6.07, 6.45) is 10.4. The van der Waals surface area contributed by atoms with Gasteiger partial charge in [0.25, 0.3) is 0 Å². The molecule has 3 heteroatoms. The van der Waals surface area contributed by atoms with Crippen LogP contribution in [0.25, 0.3) is 0 Å². The van der Waals surface area contributed by atoms with Crippen LogP contribution in [0.4, 0.5) is 0 Å². The van der Waals surface area contributed by atoms with Crippen LogP contribution in [0.3, 0.4) is 0 Å². The summed E-state index contributed by atoms with van der Waals surface area (Å²) in [5.74, 6) is 1.08. The number of nitrogens with zero attached hydrogens (tertiary/aromatic N) is 1. The van der Waals surface area contributed by atoms with E-state index in [2.05, 4.69) is 17.1 Å². The summed E-state index contributed by atoms with van der Waals surface area (Å²) in [5.41, 5.74) is 0.494. The van der Waals surface area contributed by atoms with E-state index in [1.54, 1.807) is 0 Å². The van der Waals surface area contributed by atoms with Crippen molar-refractivity contribution in [2.45, 2.75) is 64.3 Å². The quantitative estimate of drug-likeness (QED) is 0.789. The molecule has 1 amide bonds. The highest BCUT2D eigenvalue weighted by Crippen LogP contribution is 2.43. The van der Waals surface area contributed by atoms with Gasteiger partial charge in [0.15, 0.2) is 0 Å². The lowest BCUT2D eigenvalue weighted by Gasteiger charge is -2.34. The minimum atomic E-state index is 0.0995. The van der Waals surface area contributed by atoms with Crippen LogP contribution in [0, 0.1) is 11.3 Å². The molecule has 1 spiro atoms. The first-order valence-corrected chi connectivity index (χ1v) is 8.21. The van der Waals surface area contributed by atoms with Crippen molar-refractivity contribution in [3.8, 4) is 0 Å². The Hall–Kier alpha value is -0.570. The molecule has 0 bridgehead atoms. The molecule has 1 saturated carbocycles. The fraction of sp³-hybridized carbons (Fsp3) is 0.938.